The van der Waals surface area contributed by atoms with E-state index in [0.29, 0.717) is 55.0 Å². The molecule has 2 amide bonds. The van der Waals surface area contributed by atoms with Crippen molar-refractivity contribution in [3.05, 3.63) is 71.8 Å². The molecule has 10 rings (SSSR count). The molecule has 0 radical (unpaired) electrons. The topological polar surface area (TPSA) is 157 Å². The maximum absolute atomic E-state index is 14.3. The van der Waals surface area contributed by atoms with Crippen molar-refractivity contribution < 1.29 is 44.3 Å². The maximum Gasteiger partial charge on any atom is 0.233 e. The Hall–Kier alpha value is -3.97. The van der Waals surface area contributed by atoms with Gasteiger partial charge in [0, 0.05) is 66.0 Å². The van der Waals surface area contributed by atoms with Gasteiger partial charge in [-0.2, -0.15) is 0 Å². The van der Waals surface area contributed by atoms with Gasteiger partial charge in [0.2, 0.25) is 18.1 Å². The van der Waals surface area contributed by atoms with Gasteiger partial charge in [-0.15, -0.1) is 23.2 Å². The van der Waals surface area contributed by atoms with Gasteiger partial charge in [-0.05, 0) is 53.5 Å². The van der Waals surface area contributed by atoms with E-state index in [4.69, 9.17) is 32.7 Å². The number of nitrogens with zero attached hydrogens (tertiary/aromatic N) is 2. The van der Waals surface area contributed by atoms with Crippen molar-refractivity contribution in [1.29, 1.82) is 0 Å². The van der Waals surface area contributed by atoms with Crippen LogP contribution in [0.4, 0.5) is 11.4 Å². The Bertz CT molecular complexity index is 2230. The minimum absolute atomic E-state index is 0.0131. The molecule has 7 atom stereocenters. The number of alkyl halides is 2. The Balaban J connectivity index is 0.959. The number of aliphatic hydroxyl groups is 3. The Kier molecular flexibility index (Phi) is 8.46. The van der Waals surface area contributed by atoms with Crippen molar-refractivity contribution in [2.45, 2.75) is 75.1 Å². The number of carbonyl (C=O) groups excluding carboxylic acids is 3. The highest BCUT2D eigenvalue weighted by Gasteiger charge is 2.72. The number of halogens is 2. The summed E-state index contributed by atoms with van der Waals surface area (Å²) in [6.07, 6.45) is -5.82. The van der Waals surface area contributed by atoms with Crippen LogP contribution >= 0.6 is 23.2 Å². The van der Waals surface area contributed by atoms with Gasteiger partial charge < -0.3 is 39.7 Å². The molecule has 282 valence electrons. The SMILES string of the molecule is CC(=O)[C@H]1O[C@@H](Oc2cc3c(c4ccccc24)[C@H](CCl)CN3C(=O)CC23CC(C(=O)N4C[C@@H](CCl)c5c4cc(O)c4ccccc54)(C2)C3)[C@H](O)[C@@H](O)[C@@H]1O. The summed E-state index contributed by atoms with van der Waals surface area (Å²) in [5.41, 5.74) is 2.33. The minimum atomic E-state index is -1.69. The molecule has 0 unspecified atom stereocenters. The fourth-order valence-corrected chi connectivity index (χ4v) is 10.6. The summed E-state index contributed by atoms with van der Waals surface area (Å²) >= 11 is 13.0. The number of aliphatic hydroxyl groups excluding tert-OH is 3. The number of phenols is 1. The number of benzene rings is 4. The zero-order valence-corrected chi connectivity index (χ0v) is 31.0. The first-order valence-corrected chi connectivity index (χ1v) is 19.4. The molecular formula is C41H40Cl2N2O9. The van der Waals surface area contributed by atoms with Gasteiger partial charge in [0.25, 0.3) is 0 Å². The van der Waals surface area contributed by atoms with Crippen LogP contribution < -0.4 is 14.5 Å². The maximum atomic E-state index is 14.3. The third-order valence-corrected chi connectivity index (χ3v) is 13.3. The van der Waals surface area contributed by atoms with Gasteiger partial charge in [-0.3, -0.25) is 14.4 Å². The molecule has 11 nitrogen and oxygen atoms in total. The Labute approximate surface area is 321 Å². The molecule has 13 heteroatoms. The van der Waals surface area contributed by atoms with E-state index in [0.717, 1.165) is 27.3 Å². The monoisotopic (exact) mass is 774 g/mol. The molecule has 3 heterocycles. The summed E-state index contributed by atoms with van der Waals surface area (Å²) in [6, 6.07) is 18.4. The van der Waals surface area contributed by atoms with E-state index in [1.54, 1.807) is 21.9 Å². The lowest BCUT2D eigenvalue weighted by atomic mass is 9.34. The van der Waals surface area contributed by atoms with Crippen LogP contribution in [0.2, 0.25) is 0 Å². The van der Waals surface area contributed by atoms with Gasteiger partial charge in [0.05, 0.1) is 16.8 Å². The van der Waals surface area contributed by atoms with Gasteiger partial charge in [-0.25, -0.2) is 0 Å². The average Bonchev–Trinajstić information content (AvgIpc) is 3.71. The standard InChI is InChI=1S/C41H40Cl2N2O9/c1-20(46)37-35(50)34(49)36(51)38(54-37)53-30-11-28-33(26-9-5-3-7-24(26)30)21(13-42)15-44(28)31(48)12-40-17-41(18-40,19-40)39(52)45-16-22(14-43)32-25-8-4-2-6-23(25)29(47)10-27(32)45/h2-11,21-22,34-38,47,49-51H,12-19H2,1H3/t21-,22-,34+,35+,36-,37-,38-,40?,41?/m1/s1. The first kappa shape index (κ1) is 35.7. The summed E-state index contributed by atoms with van der Waals surface area (Å²) in [7, 11) is 0. The minimum Gasteiger partial charge on any atom is -0.507 e. The number of amides is 2. The smallest absolute Gasteiger partial charge is 0.233 e. The van der Waals surface area contributed by atoms with Crippen LogP contribution in [-0.2, 0) is 19.1 Å². The lowest BCUT2D eigenvalue weighted by molar-refractivity contribution is -0.265. The van der Waals surface area contributed by atoms with Gasteiger partial charge in [0.1, 0.15) is 35.9 Å². The molecule has 6 aliphatic rings. The third kappa shape index (κ3) is 5.19. The van der Waals surface area contributed by atoms with Crippen LogP contribution in [0, 0.1) is 10.8 Å². The highest BCUT2D eigenvalue weighted by atomic mass is 35.5. The number of carbonyl (C=O) groups is 3. The van der Waals surface area contributed by atoms with Gasteiger partial charge >= 0.3 is 0 Å². The number of phenolic OH excluding ortho intramolecular Hbond substituents is 1. The predicted molar refractivity (Wildman–Crippen MR) is 203 cm³/mol. The second-order valence-electron chi connectivity index (χ2n) is 16.0. The van der Waals surface area contributed by atoms with E-state index in [1.807, 2.05) is 48.5 Å². The number of ether oxygens (including phenoxy) is 2. The van der Waals surface area contributed by atoms with Gasteiger partial charge in [0.15, 0.2) is 5.78 Å². The highest BCUT2D eigenvalue weighted by molar-refractivity contribution is 6.19. The van der Waals surface area contributed by atoms with Crippen LogP contribution in [0.1, 0.15) is 55.6 Å². The summed E-state index contributed by atoms with van der Waals surface area (Å²) in [4.78, 5) is 44.2. The number of rotatable bonds is 8. The Morgan fingerprint density at radius 2 is 1.35 bits per heavy atom. The number of hydrogen-bond acceptors (Lipinski definition) is 9. The van der Waals surface area contributed by atoms with E-state index >= 15 is 0 Å². The van der Waals surface area contributed by atoms with Crippen LogP contribution in [-0.4, -0.2) is 93.6 Å². The van der Waals surface area contributed by atoms with E-state index < -0.39 is 41.9 Å². The van der Waals surface area contributed by atoms with E-state index in [2.05, 4.69) is 0 Å². The molecule has 3 saturated carbocycles. The lowest BCUT2D eigenvalue weighted by Crippen LogP contribution is -2.69. The molecule has 3 aliphatic heterocycles. The van der Waals surface area contributed by atoms with Crippen molar-refractivity contribution in [3.63, 3.8) is 0 Å². The van der Waals surface area contributed by atoms with E-state index in [1.165, 1.54) is 6.92 Å². The first-order chi connectivity index (χ1) is 25.9. The normalized spacial score (nSPS) is 32.2. The quantitative estimate of drug-likeness (QED) is 0.180. The average molecular weight is 776 g/mol. The molecular weight excluding hydrogens is 735 g/mol. The lowest BCUT2D eigenvalue weighted by Gasteiger charge is -2.70. The molecule has 4 aromatic carbocycles. The largest absolute Gasteiger partial charge is 0.507 e. The summed E-state index contributed by atoms with van der Waals surface area (Å²) in [5.74, 6) is 0.160. The van der Waals surface area contributed by atoms with Crippen molar-refractivity contribution in [2.75, 3.05) is 34.6 Å². The van der Waals surface area contributed by atoms with Crippen LogP contribution in [0.3, 0.4) is 0 Å². The highest BCUT2D eigenvalue weighted by Crippen LogP contribution is 2.76. The van der Waals surface area contributed by atoms with E-state index in [9.17, 15) is 34.8 Å². The zero-order valence-electron chi connectivity index (χ0n) is 29.5. The fourth-order valence-electron chi connectivity index (χ4n) is 10.1. The Morgan fingerprint density at radius 1 is 0.796 bits per heavy atom. The second kappa shape index (κ2) is 12.8. The number of anilines is 2. The number of aromatic hydroxyl groups is 1. The first-order valence-electron chi connectivity index (χ1n) is 18.3. The molecule has 54 heavy (non-hydrogen) atoms. The van der Waals surface area contributed by atoms with Crippen molar-refractivity contribution in [2.24, 2.45) is 10.8 Å². The molecule has 0 aromatic heterocycles. The number of Topliss-reactive ketones (excluding diaryl/α,β-unsaturated/α-hetero) is 1. The second-order valence-corrected chi connectivity index (χ2v) is 16.6. The van der Waals surface area contributed by atoms with Crippen LogP contribution in [0.25, 0.3) is 21.5 Å². The Morgan fingerprint density at radius 3 is 1.96 bits per heavy atom. The molecule has 4 aromatic rings. The number of hydrogen-bond donors (Lipinski definition) is 4. The molecule has 1 saturated heterocycles. The third-order valence-electron chi connectivity index (χ3n) is 12.5. The molecule has 4 fully saturated rings. The predicted octanol–water partition coefficient (Wildman–Crippen LogP) is 5.07. The van der Waals surface area contributed by atoms with Crippen molar-refractivity contribution in [1.82, 2.24) is 0 Å². The van der Waals surface area contributed by atoms with Crippen LogP contribution in [0.15, 0.2) is 60.7 Å². The molecule has 3 aliphatic carbocycles. The number of ketones is 1. The van der Waals surface area contributed by atoms with Gasteiger partial charge in [-0.1, -0.05) is 48.5 Å². The molecule has 4 N–H and O–H groups in total. The summed E-state index contributed by atoms with van der Waals surface area (Å²) in [5, 5.41) is 45.6. The molecule has 2 bridgehead atoms. The van der Waals surface area contributed by atoms with Crippen molar-refractivity contribution >= 4 is 73.7 Å². The zero-order chi connectivity index (χ0) is 37.8. The summed E-state index contributed by atoms with van der Waals surface area (Å²) in [6.45, 7) is 2.02. The van der Waals surface area contributed by atoms with E-state index in [-0.39, 0.29) is 52.9 Å². The number of fused-ring (bicyclic) bond motifs is 6. The van der Waals surface area contributed by atoms with Crippen molar-refractivity contribution in [3.8, 4) is 11.5 Å². The molecule has 0 spiro atoms. The van der Waals surface area contributed by atoms with Crippen LogP contribution in [0.5, 0.6) is 11.5 Å². The summed E-state index contributed by atoms with van der Waals surface area (Å²) < 4.78 is 11.8. The fraction of sp³-hybridized carbons (Fsp3) is 0.439.